The summed E-state index contributed by atoms with van der Waals surface area (Å²) in [5, 5.41) is 6.14. The lowest BCUT2D eigenvalue weighted by atomic mass is 10.0. The zero-order chi connectivity index (χ0) is 18.3. The zero-order valence-electron chi connectivity index (χ0n) is 15.4. The molecule has 25 heavy (non-hydrogen) atoms. The number of likely N-dealkylation sites (tertiary alicyclic amines) is 1. The van der Waals surface area contributed by atoms with Crippen LogP contribution in [0.4, 0.5) is 10.5 Å². The molecule has 2 amide bonds. The molecule has 2 N–H and O–H groups in total. The van der Waals surface area contributed by atoms with Crippen molar-refractivity contribution in [1.29, 1.82) is 0 Å². The number of rotatable bonds is 5. The number of nitrogens with one attached hydrogen (secondary N) is 2. The van der Waals surface area contributed by atoms with Crippen molar-refractivity contribution >= 4 is 17.7 Å². The maximum Gasteiger partial charge on any atom is 0.407 e. The third-order valence-corrected chi connectivity index (χ3v) is 4.00. The van der Waals surface area contributed by atoms with E-state index in [1.165, 1.54) is 0 Å². The van der Waals surface area contributed by atoms with E-state index < -0.39 is 11.7 Å². The molecule has 0 saturated carbocycles. The summed E-state index contributed by atoms with van der Waals surface area (Å²) in [6, 6.07) is 10.5. The Morgan fingerprint density at radius 1 is 1.16 bits per heavy atom. The van der Waals surface area contributed by atoms with Crippen LogP contribution >= 0.6 is 0 Å². The van der Waals surface area contributed by atoms with E-state index in [4.69, 9.17) is 4.74 Å². The third-order valence-electron chi connectivity index (χ3n) is 4.00. The van der Waals surface area contributed by atoms with Crippen LogP contribution < -0.4 is 10.6 Å². The molecule has 1 aliphatic heterocycles. The molecule has 1 saturated heterocycles. The predicted octanol–water partition coefficient (Wildman–Crippen LogP) is 3.00. The maximum atomic E-state index is 12.2. The Labute approximate surface area is 149 Å². The SMILES string of the molecule is CC(C)(C)OC(=O)NCCC(=O)N1CCC(Nc2ccccc2)CC1. The number of hydrogen-bond acceptors (Lipinski definition) is 4. The zero-order valence-corrected chi connectivity index (χ0v) is 15.4. The van der Waals surface area contributed by atoms with Crippen molar-refractivity contribution in [2.24, 2.45) is 0 Å². The molecule has 0 spiro atoms. The molecule has 0 unspecified atom stereocenters. The second-order valence-electron chi connectivity index (χ2n) is 7.34. The van der Waals surface area contributed by atoms with Gasteiger partial charge >= 0.3 is 6.09 Å². The molecule has 138 valence electrons. The smallest absolute Gasteiger partial charge is 0.407 e. The van der Waals surface area contributed by atoms with Crippen LogP contribution in [0.5, 0.6) is 0 Å². The van der Waals surface area contributed by atoms with E-state index in [0.29, 0.717) is 19.0 Å². The molecule has 1 aliphatic rings. The first-order valence-electron chi connectivity index (χ1n) is 8.90. The first kappa shape index (κ1) is 19.1. The topological polar surface area (TPSA) is 70.7 Å². The number of carbonyl (C=O) groups is 2. The summed E-state index contributed by atoms with van der Waals surface area (Å²) in [5.74, 6) is 0.0780. The predicted molar refractivity (Wildman–Crippen MR) is 98.5 cm³/mol. The van der Waals surface area contributed by atoms with E-state index in [1.807, 2.05) is 43.9 Å². The van der Waals surface area contributed by atoms with Crippen LogP contribution in [0.15, 0.2) is 30.3 Å². The van der Waals surface area contributed by atoms with Crippen LogP contribution in [-0.2, 0) is 9.53 Å². The Hall–Kier alpha value is -2.24. The van der Waals surface area contributed by atoms with Crippen molar-refractivity contribution in [2.45, 2.75) is 51.7 Å². The number of alkyl carbamates (subject to hydrolysis) is 1. The molecule has 1 fully saturated rings. The summed E-state index contributed by atoms with van der Waals surface area (Å²) >= 11 is 0. The fraction of sp³-hybridized carbons (Fsp3) is 0.579. The second kappa shape index (κ2) is 8.74. The van der Waals surface area contributed by atoms with Crippen LogP contribution in [0.25, 0.3) is 0 Å². The van der Waals surface area contributed by atoms with Gasteiger partial charge in [-0.3, -0.25) is 4.79 Å². The number of para-hydroxylation sites is 1. The fourth-order valence-corrected chi connectivity index (χ4v) is 2.79. The first-order valence-corrected chi connectivity index (χ1v) is 8.90. The molecular formula is C19H29N3O3. The number of anilines is 1. The quantitative estimate of drug-likeness (QED) is 0.859. The molecule has 6 nitrogen and oxygen atoms in total. The van der Waals surface area contributed by atoms with Gasteiger partial charge in [0.2, 0.25) is 5.91 Å². The normalized spacial score (nSPS) is 15.6. The van der Waals surface area contributed by atoms with Crippen molar-refractivity contribution in [2.75, 3.05) is 25.0 Å². The van der Waals surface area contributed by atoms with Crippen molar-refractivity contribution in [3.8, 4) is 0 Å². The van der Waals surface area contributed by atoms with Crippen molar-refractivity contribution in [1.82, 2.24) is 10.2 Å². The molecule has 6 heteroatoms. The van der Waals surface area contributed by atoms with E-state index in [0.717, 1.165) is 31.6 Å². The Morgan fingerprint density at radius 2 is 1.80 bits per heavy atom. The summed E-state index contributed by atoms with van der Waals surface area (Å²) < 4.78 is 5.15. The summed E-state index contributed by atoms with van der Waals surface area (Å²) in [4.78, 5) is 25.7. The van der Waals surface area contributed by atoms with Gasteiger partial charge in [-0.2, -0.15) is 0 Å². The highest BCUT2D eigenvalue weighted by atomic mass is 16.6. The minimum Gasteiger partial charge on any atom is -0.444 e. The Bertz CT molecular complexity index is 561. The van der Waals surface area contributed by atoms with Gasteiger partial charge in [-0.15, -0.1) is 0 Å². The number of amides is 2. The lowest BCUT2D eigenvalue weighted by Crippen LogP contribution is -2.43. The molecule has 2 rings (SSSR count). The summed E-state index contributed by atoms with van der Waals surface area (Å²) in [5.41, 5.74) is 0.593. The van der Waals surface area contributed by atoms with Gasteiger partial charge in [0.25, 0.3) is 0 Å². The lowest BCUT2D eigenvalue weighted by Gasteiger charge is -2.33. The van der Waals surface area contributed by atoms with Gasteiger partial charge < -0.3 is 20.3 Å². The third kappa shape index (κ3) is 7.03. The maximum absolute atomic E-state index is 12.2. The monoisotopic (exact) mass is 347 g/mol. The average molecular weight is 347 g/mol. The molecule has 0 bridgehead atoms. The van der Waals surface area contributed by atoms with Crippen molar-refractivity contribution in [3.63, 3.8) is 0 Å². The van der Waals surface area contributed by atoms with Crippen LogP contribution in [0, 0.1) is 0 Å². The second-order valence-corrected chi connectivity index (χ2v) is 7.34. The van der Waals surface area contributed by atoms with Gasteiger partial charge in [0, 0.05) is 37.8 Å². The fourth-order valence-electron chi connectivity index (χ4n) is 2.79. The van der Waals surface area contributed by atoms with Crippen LogP contribution in [-0.4, -0.2) is 48.2 Å². The molecule has 1 aromatic rings. The lowest BCUT2D eigenvalue weighted by molar-refractivity contribution is -0.132. The van der Waals surface area contributed by atoms with Gasteiger partial charge in [0.1, 0.15) is 5.60 Å². The molecule has 0 atom stereocenters. The van der Waals surface area contributed by atoms with Crippen molar-refractivity contribution in [3.05, 3.63) is 30.3 Å². The van der Waals surface area contributed by atoms with Crippen LogP contribution in [0.2, 0.25) is 0 Å². The first-order chi connectivity index (χ1) is 11.8. The Morgan fingerprint density at radius 3 is 2.40 bits per heavy atom. The minimum atomic E-state index is -0.526. The minimum absolute atomic E-state index is 0.0780. The highest BCUT2D eigenvalue weighted by Crippen LogP contribution is 2.16. The van der Waals surface area contributed by atoms with Gasteiger partial charge in [-0.1, -0.05) is 18.2 Å². The van der Waals surface area contributed by atoms with E-state index >= 15 is 0 Å². The standard InChI is InChI=1S/C19H29N3O3/c1-19(2,3)25-18(24)20-12-9-17(23)22-13-10-16(11-14-22)21-15-7-5-4-6-8-15/h4-8,16,21H,9-14H2,1-3H3,(H,20,24). The molecule has 0 radical (unpaired) electrons. The van der Waals surface area contributed by atoms with Crippen molar-refractivity contribution < 1.29 is 14.3 Å². The van der Waals surface area contributed by atoms with Gasteiger partial charge in [0.15, 0.2) is 0 Å². The van der Waals surface area contributed by atoms with Gasteiger partial charge in [0.05, 0.1) is 0 Å². The molecule has 1 aromatic carbocycles. The molecular weight excluding hydrogens is 318 g/mol. The van der Waals surface area contributed by atoms with E-state index in [-0.39, 0.29) is 5.91 Å². The molecule has 0 aromatic heterocycles. The number of nitrogens with zero attached hydrogens (tertiary/aromatic N) is 1. The van der Waals surface area contributed by atoms with E-state index in [9.17, 15) is 9.59 Å². The summed E-state index contributed by atoms with van der Waals surface area (Å²) in [6.45, 7) is 7.23. The summed E-state index contributed by atoms with van der Waals surface area (Å²) in [7, 11) is 0. The van der Waals surface area contributed by atoms with Crippen LogP contribution in [0.1, 0.15) is 40.0 Å². The van der Waals surface area contributed by atoms with Gasteiger partial charge in [-0.25, -0.2) is 4.79 Å². The number of benzene rings is 1. The van der Waals surface area contributed by atoms with E-state index in [2.05, 4.69) is 22.8 Å². The summed E-state index contributed by atoms with van der Waals surface area (Å²) in [6.07, 6.45) is 1.68. The highest BCUT2D eigenvalue weighted by Gasteiger charge is 2.23. The number of ether oxygens (including phenoxy) is 1. The number of hydrogen-bond donors (Lipinski definition) is 2. The van der Waals surface area contributed by atoms with Crippen LogP contribution in [0.3, 0.4) is 0 Å². The molecule has 1 heterocycles. The number of piperidine rings is 1. The number of carbonyl (C=O) groups excluding carboxylic acids is 2. The van der Waals surface area contributed by atoms with E-state index in [1.54, 1.807) is 0 Å². The Balaban J connectivity index is 1.65. The Kier molecular flexibility index (Phi) is 6.67. The average Bonchev–Trinajstić information content (AvgIpc) is 2.54. The largest absolute Gasteiger partial charge is 0.444 e. The van der Waals surface area contributed by atoms with Gasteiger partial charge in [-0.05, 0) is 45.7 Å². The highest BCUT2D eigenvalue weighted by molar-refractivity contribution is 5.77. The molecule has 0 aliphatic carbocycles.